The predicted molar refractivity (Wildman–Crippen MR) is 88.5 cm³/mol. The van der Waals surface area contributed by atoms with Gasteiger partial charge in [-0.15, -0.1) is 0 Å². The van der Waals surface area contributed by atoms with E-state index in [4.69, 9.17) is 17.0 Å². The van der Waals surface area contributed by atoms with Gasteiger partial charge < -0.3 is 9.64 Å². The minimum absolute atomic E-state index is 0.00548. The van der Waals surface area contributed by atoms with Gasteiger partial charge in [-0.3, -0.25) is 14.5 Å². The molecule has 0 spiro atoms. The molecule has 1 heterocycles. The van der Waals surface area contributed by atoms with Gasteiger partial charge in [-0.05, 0) is 30.3 Å². The average molecular weight is 320 g/mol. The van der Waals surface area contributed by atoms with E-state index in [0.29, 0.717) is 17.6 Å². The molecule has 0 radical (unpaired) electrons. The van der Waals surface area contributed by atoms with Gasteiger partial charge in [0.1, 0.15) is 6.04 Å². The summed E-state index contributed by atoms with van der Waals surface area (Å²) < 4.78 is 4.71. The summed E-state index contributed by atoms with van der Waals surface area (Å²) in [7, 11) is 1.32. The Labute approximate surface area is 135 Å². The molecule has 1 aliphatic rings. The number of amides is 1. The quantitative estimate of drug-likeness (QED) is 0.615. The number of anilines is 1. The van der Waals surface area contributed by atoms with E-state index in [1.807, 2.05) is 49.1 Å². The molecule has 1 atom stereocenters. The summed E-state index contributed by atoms with van der Waals surface area (Å²) in [6, 6.07) is 8.65. The first-order chi connectivity index (χ1) is 10.5. The molecule has 0 saturated carbocycles. The van der Waals surface area contributed by atoms with Gasteiger partial charge in [0.2, 0.25) is 0 Å². The predicted octanol–water partition coefficient (Wildman–Crippen LogP) is 2.21. The molecule has 1 aromatic rings. The van der Waals surface area contributed by atoms with Crippen LogP contribution in [0.1, 0.15) is 20.3 Å². The van der Waals surface area contributed by atoms with Crippen molar-refractivity contribution in [3.63, 3.8) is 0 Å². The van der Waals surface area contributed by atoms with E-state index in [9.17, 15) is 9.59 Å². The second kappa shape index (κ2) is 6.87. The Morgan fingerprint density at radius 1 is 1.32 bits per heavy atom. The fraction of sp³-hybridized carbons (Fsp3) is 0.438. The Bertz CT molecular complexity index is 574. The number of ether oxygens (including phenoxy) is 1. The zero-order valence-electron chi connectivity index (χ0n) is 13.0. The highest BCUT2D eigenvalue weighted by Gasteiger charge is 2.44. The topological polar surface area (TPSA) is 49.9 Å². The lowest BCUT2D eigenvalue weighted by atomic mass is 10.1. The maximum atomic E-state index is 12.7. The molecule has 118 valence electrons. The van der Waals surface area contributed by atoms with Crippen LogP contribution in [0, 0.1) is 5.92 Å². The van der Waals surface area contributed by atoms with Gasteiger partial charge in [0, 0.05) is 6.54 Å². The largest absolute Gasteiger partial charge is 0.469 e. The van der Waals surface area contributed by atoms with Crippen molar-refractivity contribution in [2.45, 2.75) is 26.3 Å². The molecule has 22 heavy (non-hydrogen) atoms. The van der Waals surface area contributed by atoms with Gasteiger partial charge in [0.05, 0.1) is 19.2 Å². The van der Waals surface area contributed by atoms with Crippen LogP contribution in [0.5, 0.6) is 0 Å². The van der Waals surface area contributed by atoms with Crippen LogP contribution in [0.2, 0.25) is 0 Å². The Balaban J connectivity index is 2.33. The van der Waals surface area contributed by atoms with E-state index in [-0.39, 0.29) is 12.3 Å². The van der Waals surface area contributed by atoms with Crippen molar-refractivity contribution in [1.82, 2.24) is 4.90 Å². The van der Waals surface area contributed by atoms with E-state index in [0.717, 1.165) is 5.69 Å². The molecular formula is C16H20N2O3S. The number of carbonyl (C=O) groups excluding carboxylic acids is 2. The van der Waals surface area contributed by atoms with Gasteiger partial charge in [-0.25, -0.2) is 0 Å². The number of nitrogens with zero attached hydrogens (tertiary/aromatic N) is 2. The van der Waals surface area contributed by atoms with Crippen molar-refractivity contribution in [3.8, 4) is 0 Å². The molecule has 1 saturated heterocycles. The maximum Gasteiger partial charge on any atom is 0.308 e. The van der Waals surface area contributed by atoms with Crippen LogP contribution in [0.15, 0.2) is 30.3 Å². The van der Waals surface area contributed by atoms with Crippen molar-refractivity contribution in [1.29, 1.82) is 0 Å². The summed E-state index contributed by atoms with van der Waals surface area (Å²) in [4.78, 5) is 27.7. The number of rotatable bonds is 5. The number of thiocarbonyl (C=S) groups is 1. The molecule has 1 fully saturated rings. The van der Waals surface area contributed by atoms with Crippen LogP contribution in [-0.2, 0) is 14.3 Å². The molecule has 0 aliphatic carbocycles. The molecule has 0 unspecified atom stereocenters. The number of hydrogen-bond donors (Lipinski definition) is 0. The lowest BCUT2D eigenvalue weighted by Crippen LogP contribution is -2.39. The summed E-state index contributed by atoms with van der Waals surface area (Å²) in [5.74, 6) is -0.270. The Morgan fingerprint density at radius 3 is 2.50 bits per heavy atom. The van der Waals surface area contributed by atoms with Crippen LogP contribution < -0.4 is 4.90 Å². The molecule has 0 aromatic heterocycles. The SMILES string of the molecule is COC(=O)C[C@@H]1C(=O)N(c2ccccc2)C(=S)N1CC(C)C. The van der Waals surface area contributed by atoms with E-state index in [1.54, 1.807) is 0 Å². The van der Waals surface area contributed by atoms with Crippen molar-refractivity contribution in [2.75, 3.05) is 18.6 Å². The maximum absolute atomic E-state index is 12.7. The molecule has 6 heteroatoms. The van der Waals surface area contributed by atoms with Gasteiger partial charge in [0.25, 0.3) is 5.91 Å². The van der Waals surface area contributed by atoms with E-state index < -0.39 is 12.0 Å². The Morgan fingerprint density at radius 2 is 1.95 bits per heavy atom. The number of methoxy groups -OCH3 is 1. The first-order valence-electron chi connectivity index (χ1n) is 7.22. The zero-order chi connectivity index (χ0) is 16.3. The molecule has 0 N–H and O–H groups in total. The molecular weight excluding hydrogens is 300 g/mol. The second-order valence-electron chi connectivity index (χ2n) is 5.63. The molecule has 1 aromatic carbocycles. The minimum Gasteiger partial charge on any atom is -0.469 e. The second-order valence-corrected chi connectivity index (χ2v) is 6.00. The monoisotopic (exact) mass is 320 g/mol. The number of para-hydroxylation sites is 1. The first kappa shape index (κ1) is 16.4. The molecule has 5 nitrogen and oxygen atoms in total. The van der Waals surface area contributed by atoms with E-state index >= 15 is 0 Å². The molecule has 1 amide bonds. The highest BCUT2D eigenvalue weighted by molar-refractivity contribution is 7.80. The van der Waals surface area contributed by atoms with Gasteiger partial charge in [-0.2, -0.15) is 0 Å². The van der Waals surface area contributed by atoms with E-state index in [1.165, 1.54) is 12.0 Å². The van der Waals surface area contributed by atoms with Gasteiger partial charge in [0.15, 0.2) is 5.11 Å². The molecule has 1 aliphatic heterocycles. The van der Waals surface area contributed by atoms with Crippen LogP contribution in [-0.4, -0.2) is 41.6 Å². The van der Waals surface area contributed by atoms with Gasteiger partial charge in [-0.1, -0.05) is 32.0 Å². The summed E-state index contributed by atoms with van der Waals surface area (Å²) in [5, 5.41) is 0.443. The van der Waals surface area contributed by atoms with E-state index in [2.05, 4.69) is 0 Å². The zero-order valence-corrected chi connectivity index (χ0v) is 13.8. The standard InChI is InChI=1S/C16H20N2O3S/c1-11(2)10-17-13(9-14(19)21-3)15(20)18(16(17)22)12-7-5-4-6-8-12/h4-8,11,13H,9-10H2,1-3H3/t13-/m1/s1. The molecule has 0 bridgehead atoms. The van der Waals surface area contributed by atoms with Crippen molar-refractivity contribution in [2.24, 2.45) is 5.92 Å². The highest BCUT2D eigenvalue weighted by atomic mass is 32.1. The third-order valence-electron chi connectivity index (χ3n) is 3.48. The third-order valence-corrected chi connectivity index (χ3v) is 3.90. The number of esters is 1. The van der Waals surface area contributed by atoms with Crippen LogP contribution in [0.4, 0.5) is 5.69 Å². The number of carbonyl (C=O) groups is 2. The van der Waals surface area contributed by atoms with Crippen LogP contribution in [0.3, 0.4) is 0 Å². The Kier molecular flexibility index (Phi) is 5.13. The normalized spacial score (nSPS) is 18.3. The van der Waals surface area contributed by atoms with Crippen LogP contribution >= 0.6 is 12.2 Å². The summed E-state index contributed by atoms with van der Waals surface area (Å²) in [6.07, 6.45) is 0.00548. The summed E-state index contributed by atoms with van der Waals surface area (Å²) >= 11 is 5.48. The molecule has 2 rings (SSSR count). The Hall–Kier alpha value is -1.95. The fourth-order valence-electron chi connectivity index (χ4n) is 2.49. The summed E-state index contributed by atoms with van der Waals surface area (Å²) in [5.41, 5.74) is 0.721. The number of benzene rings is 1. The van der Waals surface area contributed by atoms with Crippen molar-refractivity contribution < 1.29 is 14.3 Å². The average Bonchev–Trinajstić information content (AvgIpc) is 2.71. The lowest BCUT2D eigenvalue weighted by molar-refractivity contribution is -0.143. The summed E-state index contributed by atoms with van der Waals surface area (Å²) in [6.45, 7) is 4.72. The highest BCUT2D eigenvalue weighted by Crippen LogP contribution is 2.27. The lowest BCUT2D eigenvalue weighted by Gasteiger charge is -2.25. The van der Waals surface area contributed by atoms with Gasteiger partial charge >= 0.3 is 5.97 Å². The van der Waals surface area contributed by atoms with Crippen LogP contribution in [0.25, 0.3) is 0 Å². The van der Waals surface area contributed by atoms with Crippen molar-refractivity contribution in [3.05, 3.63) is 30.3 Å². The van der Waals surface area contributed by atoms with Crippen molar-refractivity contribution >= 4 is 34.9 Å². The first-order valence-corrected chi connectivity index (χ1v) is 7.63. The number of hydrogen-bond acceptors (Lipinski definition) is 4. The smallest absolute Gasteiger partial charge is 0.308 e. The third kappa shape index (κ3) is 3.27. The fourth-order valence-corrected chi connectivity index (χ4v) is 2.89. The minimum atomic E-state index is -0.595.